The van der Waals surface area contributed by atoms with Crippen molar-refractivity contribution in [2.45, 2.75) is 27.4 Å². The molecule has 1 aromatic heterocycles. The molecule has 0 atom stereocenters. The Bertz CT molecular complexity index is 571. The summed E-state index contributed by atoms with van der Waals surface area (Å²) in [7, 11) is 0. The van der Waals surface area contributed by atoms with Gasteiger partial charge in [0, 0.05) is 6.92 Å². The third kappa shape index (κ3) is 3.13. The third-order valence-electron chi connectivity index (χ3n) is 2.75. The highest BCUT2D eigenvalue weighted by Gasteiger charge is 2.11. The predicted octanol–water partition coefficient (Wildman–Crippen LogP) is 2.83. The molecule has 2 rings (SSSR count). The van der Waals surface area contributed by atoms with E-state index in [0.717, 1.165) is 17.0 Å². The van der Waals surface area contributed by atoms with Crippen LogP contribution in [-0.2, 0) is 11.4 Å². The van der Waals surface area contributed by atoms with Crippen LogP contribution >= 0.6 is 0 Å². The zero-order valence-corrected chi connectivity index (χ0v) is 11.2. The molecular weight excluding hydrogens is 244 g/mol. The van der Waals surface area contributed by atoms with Crippen molar-refractivity contribution in [2.75, 3.05) is 5.32 Å². The van der Waals surface area contributed by atoms with Gasteiger partial charge in [-0.25, -0.2) is 0 Å². The molecule has 1 aromatic carbocycles. The van der Waals surface area contributed by atoms with Crippen LogP contribution in [0.3, 0.4) is 0 Å². The first-order valence-corrected chi connectivity index (χ1v) is 5.99. The normalized spacial score (nSPS) is 10.3. The number of hydrogen-bond donors (Lipinski definition) is 1. The Balaban J connectivity index is 2.13. The summed E-state index contributed by atoms with van der Waals surface area (Å²) in [6.45, 7) is 5.54. The quantitative estimate of drug-likeness (QED) is 0.918. The molecule has 0 aliphatic carbocycles. The first-order chi connectivity index (χ1) is 9.08. The van der Waals surface area contributed by atoms with Crippen molar-refractivity contribution in [3.63, 3.8) is 0 Å². The fraction of sp³-hybridized carbons (Fsp3) is 0.286. The van der Waals surface area contributed by atoms with E-state index in [1.54, 1.807) is 6.07 Å². The van der Waals surface area contributed by atoms with Crippen LogP contribution in [0, 0.1) is 13.8 Å². The van der Waals surface area contributed by atoms with E-state index in [2.05, 4.69) is 10.5 Å². The van der Waals surface area contributed by atoms with Crippen molar-refractivity contribution >= 4 is 11.6 Å². The van der Waals surface area contributed by atoms with Crippen molar-refractivity contribution in [3.8, 4) is 5.75 Å². The Labute approximate surface area is 111 Å². The maximum atomic E-state index is 11.1. The average molecular weight is 260 g/mol. The fourth-order valence-electron chi connectivity index (χ4n) is 1.74. The lowest BCUT2D eigenvalue weighted by Crippen LogP contribution is -2.08. The summed E-state index contributed by atoms with van der Waals surface area (Å²) < 4.78 is 10.8. The minimum atomic E-state index is -0.131. The van der Waals surface area contributed by atoms with Crippen LogP contribution in [0.15, 0.2) is 28.8 Å². The van der Waals surface area contributed by atoms with Gasteiger partial charge in [-0.1, -0.05) is 17.3 Å². The lowest BCUT2D eigenvalue weighted by Gasteiger charge is -2.11. The van der Waals surface area contributed by atoms with Crippen molar-refractivity contribution < 1.29 is 14.1 Å². The summed E-state index contributed by atoms with van der Waals surface area (Å²) in [6.07, 6.45) is 0. The Morgan fingerprint density at radius 3 is 2.74 bits per heavy atom. The smallest absolute Gasteiger partial charge is 0.221 e. The molecule has 0 saturated carbocycles. The number of aromatic nitrogens is 1. The molecule has 0 aliphatic rings. The highest BCUT2D eigenvalue weighted by atomic mass is 16.5. The number of aryl methyl sites for hydroxylation is 2. The van der Waals surface area contributed by atoms with Gasteiger partial charge in [-0.05, 0) is 26.0 Å². The monoisotopic (exact) mass is 260 g/mol. The number of nitrogens with one attached hydrogen (secondary N) is 1. The van der Waals surface area contributed by atoms with E-state index in [0.29, 0.717) is 18.0 Å². The highest BCUT2D eigenvalue weighted by molar-refractivity contribution is 5.90. The number of ether oxygens (including phenoxy) is 1. The number of carbonyl (C=O) groups excluding carboxylic acids is 1. The molecule has 1 heterocycles. The van der Waals surface area contributed by atoms with E-state index in [1.807, 2.05) is 32.0 Å². The molecule has 1 amide bonds. The van der Waals surface area contributed by atoms with Crippen LogP contribution in [0.1, 0.15) is 23.9 Å². The second kappa shape index (κ2) is 5.56. The summed E-state index contributed by atoms with van der Waals surface area (Å²) in [5, 5.41) is 6.60. The average Bonchev–Trinajstić information content (AvgIpc) is 2.68. The molecule has 0 unspecified atom stereocenters. The van der Waals surface area contributed by atoms with Crippen LogP contribution < -0.4 is 10.1 Å². The Kier molecular flexibility index (Phi) is 3.85. The highest BCUT2D eigenvalue weighted by Crippen LogP contribution is 2.25. The minimum absolute atomic E-state index is 0.131. The van der Waals surface area contributed by atoms with Crippen LogP contribution in [0.5, 0.6) is 5.75 Å². The lowest BCUT2D eigenvalue weighted by atomic mass is 10.2. The summed E-state index contributed by atoms with van der Waals surface area (Å²) in [5.41, 5.74) is 2.40. The largest absolute Gasteiger partial charge is 0.487 e. The summed E-state index contributed by atoms with van der Waals surface area (Å²) >= 11 is 0. The Morgan fingerprint density at radius 1 is 1.37 bits per heavy atom. The number of rotatable bonds is 4. The predicted molar refractivity (Wildman–Crippen MR) is 71.1 cm³/mol. The van der Waals surface area contributed by atoms with E-state index < -0.39 is 0 Å². The molecule has 0 spiro atoms. The van der Waals surface area contributed by atoms with Gasteiger partial charge in [0.2, 0.25) is 5.91 Å². The van der Waals surface area contributed by atoms with Gasteiger partial charge in [-0.3, -0.25) is 4.79 Å². The molecule has 5 heteroatoms. The van der Waals surface area contributed by atoms with Gasteiger partial charge < -0.3 is 14.6 Å². The minimum Gasteiger partial charge on any atom is -0.487 e. The molecular formula is C14H16N2O3. The summed E-state index contributed by atoms with van der Waals surface area (Å²) in [5.74, 6) is 1.24. The number of anilines is 1. The maximum absolute atomic E-state index is 11.1. The fourth-order valence-corrected chi connectivity index (χ4v) is 1.74. The molecule has 0 radical (unpaired) electrons. The third-order valence-corrected chi connectivity index (χ3v) is 2.75. The molecule has 0 bridgehead atoms. The molecule has 100 valence electrons. The SMILES string of the molecule is CC(=O)Nc1ccccc1OCc1c(C)noc1C. The van der Waals surface area contributed by atoms with Crippen molar-refractivity contribution in [2.24, 2.45) is 0 Å². The van der Waals surface area contributed by atoms with Gasteiger partial charge in [0.15, 0.2) is 0 Å². The second-order valence-electron chi connectivity index (χ2n) is 4.27. The maximum Gasteiger partial charge on any atom is 0.221 e. The lowest BCUT2D eigenvalue weighted by molar-refractivity contribution is -0.114. The molecule has 5 nitrogen and oxygen atoms in total. The number of nitrogens with zero attached hydrogens (tertiary/aromatic N) is 1. The van der Waals surface area contributed by atoms with E-state index in [9.17, 15) is 4.79 Å². The van der Waals surface area contributed by atoms with Crippen LogP contribution in [0.25, 0.3) is 0 Å². The molecule has 0 aliphatic heterocycles. The van der Waals surface area contributed by atoms with Gasteiger partial charge in [0.05, 0.1) is 16.9 Å². The molecule has 1 N–H and O–H groups in total. The van der Waals surface area contributed by atoms with Gasteiger partial charge in [0.1, 0.15) is 18.1 Å². The van der Waals surface area contributed by atoms with E-state index in [-0.39, 0.29) is 5.91 Å². The van der Waals surface area contributed by atoms with Crippen molar-refractivity contribution in [1.82, 2.24) is 5.16 Å². The first kappa shape index (κ1) is 13.1. The van der Waals surface area contributed by atoms with Crippen LogP contribution in [0.4, 0.5) is 5.69 Å². The number of amides is 1. The number of carbonyl (C=O) groups is 1. The van der Waals surface area contributed by atoms with Gasteiger partial charge in [-0.15, -0.1) is 0 Å². The van der Waals surface area contributed by atoms with Crippen LogP contribution in [0.2, 0.25) is 0 Å². The van der Waals surface area contributed by atoms with Crippen LogP contribution in [-0.4, -0.2) is 11.1 Å². The van der Waals surface area contributed by atoms with Crippen molar-refractivity contribution in [3.05, 3.63) is 41.3 Å². The Hall–Kier alpha value is -2.30. The number of hydrogen-bond acceptors (Lipinski definition) is 4. The second-order valence-corrected chi connectivity index (χ2v) is 4.27. The number of benzene rings is 1. The van der Waals surface area contributed by atoms with E-state index in [1.165, 1.54) is 6.92 Å². The molecule has 19 heavy (non-hydrogen) atoms. The standard InChI is InChI=1S/C14H16N2O3/c1-9-12(10(2)19-16-9)8-18-14-7-5-4-6-13(14)15-11(3)17/h4-7H,8H2,1-3H3,(H,15,17). The molecule has 0 fully saturated rings. The van der Waals surface area contributed by atoms with Gasteiger partial charge >= 0.3 is 0 Å². The summed E-state index contributed by atoms with van der Waals surface area (Å²) in [6, 6.07) is 7.30. The first-order valence-electron chi connectivity index (χ1n) is 5.99. The molecule has 2 aromatic rings. The van der Waals surface area contributed by atoms with Crippen molar-refractivity contribution in [1.29, 1.82) is 0 Å². The van der Waals surface area contributed by atoms with Gasteiger partial charge in [0.25, 0.3) is 0 Å². The Morgan fingerprint density at radius 2 is 2.11 bits per heavy atom. The van der Waals surface area contributed by atoms with E-state index in [4.69, 9.17) is 9.26 Å². The number of para-hydroxylation sites is 2. The zero-order chi connectivity index (χ0) is 13.8. The zero-order valence-electron chi connectivity index (χ0n) is 11.2. The van der Waals surface area contributed by atoms with Gasteiger partial charge in [-0.2, -0.15) is 0 Å². The molecule has 0 saturated heterocycles. The van der Waals surface area contributed by atoms with E-state index >= 15 is 0 Å². The topological polar surface area (TPSA) is 64.4 Å². The summed E-state index contributed by atoms with van der Waals surface area (Å²) in [4.78, 5) is 11.1.